The third-order valence-corrected chi connectivity index (χ3v) is 5.49. The predicted molar refractivity (Wildman–Crippen MR) is 122 cm³/mol. The van der Waals surface area contributed by atoms with Gasteiger partial charge in [-0.3, -0.25) is 4.79 Å². The molecule has 5 nitrogen and oxygen atoms in total. The molecule has 31 heavy (non-hydrogen) atoms. The van der Waals surface area contributed by atoms with Crippen molar-refractivity contribution in [3.8, 4) is 0 Å². The Morgan fingerprint density at radius 1 is 0.871 bits per heavy atom. The van der Waals surface area contributed by atoms with Gasteiger partial charge in [-0.05, 0) is 44.4 Å². The zero-order valence-corrected chi connectivity index (χ0v) is 18.7. The summed E-state index contributed by atoms with van der Waals surface area (Å²) in [5, 5.41) is 0. The molecule has 1 heterocycles. The molecule has 0 spiro atoms. The molecular weight excluding hydrogens is 388 g/mol. The van der Waals surface area contributed by atoms with E-state index in [0.29, 0.717) is 43.1 Å². The van der Waals surface area contributed by atoms with E-state index in [1.165, 1.54) is 0 Å². The van der Waals surface area contributed by atoms with E-state index < -0.39 is 0 Å². The van der Waals surface area contributed by atoms with Crippen molar-refractivity contribution in [3.63, 3.8) is 0 Å². The molecule has 0 saturated carbocycles. The lowest BCUT2D eigenvalue weighted by Crippen LogP contribution is -2.31. The van der Waals surface area contributed by atoms with Crippen LogP contribution < -0.4 is 0 Å². The van der Waals surface area contributed by atoms with Crippen LogP contribution in [0.25, 0.3) is 0 Å². The van der Waals surface area contributed by atoms with Crippen molar-refractivity contribution in [2.45, 2.75) is 47.3 Å². The third-order valence-electron chi connectivity index (χ3n) is 5.49. The Morgan fingerprint density at radius 2 is 1.39 bits per heavy atom. The highest BCUT2D eigenvalue weighted by Gasteiger charge is 2.29. The fraction of sp³-hybridized carbons (Fsp3) is 0.308. The summed E-state index contributed by atoms with van der Waals surface area (Å²) in [6.07, 6.45) is 0. The SMILES string of the molecule is CCOC(=O)c1c(C)c(C(=O)N(Cc2ccccc2)Cc2ccccc2)c(C)n1CC. The van der Waals surface area contributed by atoms with E-state index in [0.717, 1.165) is 16.8 Å². The minimum absolute atomic E-state index is 0.0829. The van der Waals surface area contributed by atoms with Gasteiger partial charge in [-0.2, -0.15) is 0 Å². The van der Waals surface area contributed by atoms with Gasteiger partial charge in [0, 0.05) is 25.3 Å². The maximum atomic E-state index is 13.8. The summed E-state index contributed by atoms with van der Waals surface area (Å²) in [7, 11) is 0. The van der Waals surface area contributed by atoms with E-state index in [1.54, 1.807) is 6.92 Å². The summed E-state index contributed by atoms with van der Waals surface area (Å²) in [4.78, 5) is 28.3. The van der Waals surface area contributed by atoms with E-state index in [2.05, 4.69) is 0 Å². The van der Waals surface area contributed by atoms with E-state index in [-0.39, 0.29) is 11.9 Å². The number of nitrogens with zero attached hydrogens (tertiary/aromatic N) is 2. The van der Waals surface area contributed by atoms with Crippen molar-refractivity contribution in [2.24, 2.45) is 0 Å². The van der Waals surface area contributed by atoms with Gasteiger partial charge in [-0.15, -0.1) is 0 Å². The summed E-state index contributed by atoms with van der Waals surface area (Å²) in [5.74, 6) is -0.470. The van der Waals surface area contributed by atoms with Crippen molar-refractivity contribution < 1.29 is 14.3 Å². The highest BCUT2D eigenvalue weighted by molar-refractivity contribution is 6.01. The quantitative estimate of drug-likeness (QED) is 0.476. The second-order valence-electron chi connectivity index (χ2n) is 7.53. The number of carbonyl (C=O) groups is 2. The summed E-state index contributed by atoms with van der Waals surface area (Å²) in [6.45, 7) is 9.34. The van der Waals surface area contributed by atoms with Gasteiger partial charge < -0.3 is 14.2 Å². The van der Waals surface area contributed by atoms with Gasteiger partial charge in [0.15, 0.2) is 0 Å². The van der Waals surface area contributed by atoms with Crippen molar-refractivity contribution in [1.82, 2.24) is 9.47 Å². The van der Waals surface area contributed by atoms with Crippen LogP contribution >= 0.6 is 0 Å². The average Bonchev–Trinajstić information content (AvgIpc) is 3.03. The molecule has 0 aliphatic heterocycles. The summed E-state index contributed by atoms with van der Waals surface area (Å²) < 4.78 is 7.15. The number of carbonyl (C=O) groups excluding carboxylic acids is 2. The van der Waals surface area contributed by atoms with Crippen LogP contribution in [-0.2, 0) is 24.4 Å². The van der Waals surface area contributed by atoms with Crippen molar-refractivity contribution in [1.29, 1.82) is 0 Å². The van der Waals surface area contributed by atoms with Crippen LogP contribution in [0.5, 0.6) is 0 Å². The summed E-state index contributed by atoms with van der Waals surface area (Å²) in [5.41, 5.74) is 4.62. The van der Waals surface area contributed by atoms with Crippen LogP contribution in [0.2, 0.25) is 0 Å². The molecule has 3 rings (SSSR count). The molecule has 2 aromatic carbocycles. The van der Waals surface area contributed by atoms with E-state index in [4.69, 9.17) is 4.74 Å². The number of rotatable bonds is 8. The second-order valence-corrected chi connectivity index (χ2v) is 7.53. The lowest BCUT2D eigenvalue weighted by Gasteiger charge is -2.24. The molecule has 162 valence electrons. The highest BCUT2D eigenvalue weighted by atomic mass is 16.5. The summed E-state index contributed by atoms with van der Waals surface area (Å²) in [6, 6.07) is 19.9. The van der Waals surface area contributed by atoms with Crippen LogP contribution in [0, 0.1) is 13.8 Å². The van der Waals surface area contributed by atoms with Crippen molar-refractivity contribution >= 4 is 11.9 Å². The van der Waals surface area contributed by atoms with E-state index >= 15 is 0 Å². The Hall–Kier alpha value is -3.34. The molecule has 1 aromatic heterocycles. The Labute approximate surface area is 184 Å². The minimum atomic E-state index is -0.387. The zero-order valence-electron chi connectivity index (χ0n) is 18.7. The maximum Gasteiger partial charge on any atom is 0.355 e. The molecule has 5 heteroatoms. The number of benzene rings is 2. The van der Waals surface area contributed by atoms with Crippen LogP contribution in [0.1, 0.15) is 57.1 Å². The monoisotopic (exact) mass is 418 g/mol. The molecule has 0 atom stereocenters. The van der Waals surface area contributed by atoms with Crippen LogP contribution in [0.15, 0.2) is 60.7 Å². The molecule has 0 unspecified atom stereocenters. The Bertz CT molecular complexity index is 998. The minimum Gasteiger partial charge on any atom is -0.461 e. The average molecular weight is 419 g/mol. The molecule has 0 radical (unpaired) electrons. The topological polar surface area (TPSA) is 51.5 Å². The standard InChI is InChI=1S/C26H30N2O3/c1-5-28-20(4)23(19(3)24(28)26(30)31-6-2)25(29)27(17-21-13-9-7-10-14-21)18-22-15-11-8-12-16-22/h7-16H,5-6,17-18H2,1-4H3. The lowest BCUT2D eigenvalue weighted by molar-refractivity contribution is 0.0512. The number of hydrogen-bond acceptors (Lipinski definition) is 3. The van der Waals surface area contributed by atoms with Crippen molar-refractivity contribution in [2.75, 3.05) is 6.61 Å². The molecule has 1 amide bonds. The zero-order chi connectivity index (χ0) is 22.4. The number of hydrogen-bond donors (Lipinski definition) is 0. The van der Waals surface area contributed by atoms with Gasteiger partial charge in [-0.1, -0.05) is 60.7 Å². The Balaban J connectivity index is 2.03. The first-order valence-corrected chi connectivity index (χ1v) is 10.7. The molecule has 0 N–H and O–H groups in total. The summed E-state index contributed by atoms with van der Waals surface area (Å²) >= 11 is 0. The second kappa shape index (κ2) is 10.1. The van der Waals surface area contributed by atoms with Crippen LogP contribution in [0.3, 0.4) is 0 Å². The number of esters is 1. The van der Waals surface area contributed by atoms with Gasteiger partial charge in [0.05, 0.1) is 12.2 Å². The molecule has 3 aromatic rings. The van der Waals surface area contributed by atoms with E-state index in [9.17, 15) is 9.59 Å². The van der Waals surface area contributed by atoms with Gasteiger partial charge in [0.1, 0.15) is 5.69 Å². The normalized spacial score (nSPS) is 10.7. The van der Waals surface area contributed by atoms with E-state index in [1.807, 2.05) is 90.9 Å². The number of ether oxygens (including phenoxy) is 1. The number of aromatic nitrogens is 1. The molecule has 0 bridgehead atoms. The van der Waals surface area contributed by atoms with Crippen molar-refractivity contribution in [3.05, 3.63) is 94.3 Å². The fourth-order valence-corrected chi connectivity index (χ4v) is 4.03. The van der Waals surface area contributed by atoms with Gasteiger partial charge in [0.25, 0.3) is 5.91 Å². The van der Waals surface area contributed by atoms with Gasteiger partial charge in [0.2, 0.25) is 0 Å². The molecule has 0 fully saturated rings. The first-order valence-electron chi connectivity index (χ1n) is 10.7. The number of amides is 1. The molecule has 0 saturated heterocycles. The van der Waals surface area contributed by atoms with Gasteiger partial charge in [-0.25, -0.2) is 4.79 Å². The first kappa shape index (κ1) is 22.3. The van der Waals surface area contributed by atoms with Gasteiger partial charge >= 0.3 is 5.97 Å². The van der Waals surface area contributed by atoms with Crippen LogP contribution in [0.4, 0.5) is 0 Å². The Morgan fingerprint density at radius 3 is 1.84 bits per heavy atom. The molecular formula is C26H30N2O3. The molecule has 0 aliphatic rings. The van der Waals surface area contributed by atoms with Crippen LogP contribution in [-0.4, -0.2) is 28.0 Å². The largest absolute Gasteiger partial charge is 0.461 e. The lowest BCUT2D eigenvalue weighted by atomic mass is 10.1. The predicted octanol–water partition coefficient (Wildman–Crippen LogP) is 5.14. The highest BCUT2D eigenvalue weighted by Crippen LogP contribution is 2.26. The maximum absolute atomic E-state index is 13.8. The fourth-order valence-electron chi connectivity index (χ4n) is 4.03. The Kier molecular flexibility index (Phi) is 7.29. The first-order chi connectivity index (χ1) is 15.0. The smallest absolute Gasteiger partial charge is 0.355 e. The third kappa shape index (κ3) is 4.88. The molecule has 0 aliphatic carbocycles.